The molecule has 0 aromatic rings. The molecule has 0 rings (SSSR count). The maximum atomic E-state index is 11.2. The number of hydrogen-bond acceptors (Lipinski definition) is 4. The number of carbonyl (C=O) groups is 1. The topological polar surface area (TPSA) is 95.6 Å². The van der Waals surface area contributed by atoms with Crippen molar-refractivity contribution in [1.29, 1.82) is 0 Å². The highest BCUT2D eigenvalue weighted by atomic mass is 16.4. The van der Waals surface area contributed by atoms with Gasteiger partial charge in [0.2, 0.25) is 0 Å². The number of carboxylic acid groups (broad SMARTS) is 1. The van der Waals surface area contributed by atoms with Crippen LogP contribution in [0.1, 0.15) is 109 Å². The zero-order chi connectivity index (χ0) is 20.0. The maximum Gasteiger partial charge on any atom is 0.320 e. The number of nitrogens with two attached hydrogens (primary N) is 1. The van der Waals surface area contributed by atoms with Crippen molar-refractivity contribution in [1.82, 2.24) is 5.32 Å². The summed E-state index contributed by atoms with van der Waals surface area (Å²) in [5, 5.41) is 21.1. The second kappa shape index (κ2) is 21.6. The van der Waals surface area contributed by atoms with Crippen LogP contribution >= 0.6 is 0 Å². The lowest BCUT2D eigenvalue weighted by Gasteiger charge is -2.14. The quantitative estimate of drug-likeness (QED) is 0.204. The lowest BCUT2D eigenvalue weighted by molar-refractivity contribution is -0.139. The van der Waals surface area contributed by atoms with Crippen LogP contribution < -0.4 is 11.1 Å². The summed E-state index contributed by atoms with van der Waals surface area (Å²) in [6.45, 7) is 1.78. The van der Waals surface area contributed by atoms with Crippen LogP contribution in [0.4, 0.5) is 0 Å². The Hall–Kier alpha value is -0.650. The van der Waals surface area contributed by atoms with Crippen molar-refractivity contribution in [3.8, 4) is 0 Å². The van der Waals surface area contributed by atoms with Crippen molar-refractivity contribution >= 4 is 5.97 Å². The van der Waals surface area contributed by atoms with E-state index < -0.39 is 12.0 Å². The van der Waals surface area contributed by atoms with Gasteiger partial charge in [0, 0.05) is 6.61 Å². The van der Waals surface area contributed by atoms with Gasteiger partial charge in [0.1, 0.15) is 6.04 Å². The highest BCUT2D eigenvalue weighted by Gasteiger charge is 2.15. The van der Waals surface area contributed by atoms with Gasteiger partial charge in [-0.1, -0.05) is 83.5 Å². The third-order valence-corrected chi connectivity index (χ3v) is 5.22. The summed E-state index contributed by atoms with van der Waals surface area (Å²) < 4.78 is 0. The van der Waals surface area contributed by atoms with Crippen molar-refractivity contribution in [2.75, 3.05) is 19.7 Å². The first-order valence-corrected chi connectivity index (χ1v) is 11.5. The fourth-order valence-electron chi connectivity index (χ4n) is 3.44. The van der Waals surface area contributed by atoms with E-state index in [0.29, 0.717) is 19.6 Å². The van der Waals surface area contributed by atoms with Crippen LogP contribution in [0.3, 0.4) is 0 Å². The molecule has 0 radical (unpaired) electrons. The van der Waals surface area contributed by atoms with Gasteiger partial charge in [-0.3, -0.25) is 4.79 Å². The maximum absolute atomic E-state index is 11.2. The molecule has 27 heavy (non-hydrogen) atoms. The SMILES string of the molecule is NCCCC[C@H](NCCCCCCCCCCCCCCCCO)C(=O)O. The molecule has 5 N–H and O–H groups in total. The van der Waals surface area contributed by atoms with Gasteiger partial charge in [0.25, 0.3) is 0 Å². The molecular formula is C22H46N2O3. The summed E-state index contributed by atoms with van der Waals surface area (Å²) in [7, 11) is 0. The average Bonchev–Trinajstić information content (AvgIpc) is 2.66. The van der Waals surface area contributed by atoms with E-state index >= 15 is 0 Å². The Morgan fingerprint density at radius 1 is 0.704 bits per heavy atom. The minimum atomic E-state index is -0.739. The Balaban J connectivity index is 3.26. The third-order valence-electron chi connectivity index (χ3n) is 5.22. The van der Waals surface area contributed by atoms with Gasteiger partial charge in [0.05, 0.1) is 0 Å². The molecule has 5 nitrogen and oxygen atoms in total. The molecule has 0 aliphatic rings. The first-order chi connectivity index (χ1) is 13.2. The molecular weight excluding hydrogens is 340 g/mol. The summed E-state index contributed by atoms with van der Waals surface area (Å²) in [6.07, 6.45) is 20.1. The van der Waals surface area contributed by atoms with Crippen LogP contribution in [0.25, 0.3) is 0 Å². The predicted molar refractivity (Wildman–Crippen MR) is 114 cm³/mol. The number of aliphatic hydroxyl groups excluding tert-OH is 1. The van der Waals surface area contributed by atoms with E-state index in [2.05, 4.69) is 5.32 Å². The predicted octanol–water partition coefficient (Wildman–Crippen LogP) is 4.61. The van der Waals surface area contributed by atoms with E-state index in [0.717, 1.165) is 32.2 Å². The second-order valence-corrected chi connectivity index (χ2v) is 7.80. The van der Waals surface area contributed by atoms with E-state index in [-0.39, 0.29) is 0 Å². The summed E-state index contributed by atoms with van der Waals surface area (Å²) >= 11 is 0. The molecule has 0 aliphatic carbocycles. The fourth-order valence-corrected chi connectivity index (χ4v) is 3.44. The van der Waals surface area contributed by atoms with Crippen LogP contribution in [0.5, 0.6) is 0 Å². The van der Waals surface area contributed by atoms with Crippen molar-refractivity contribution in [3.05, 3.63) is 0 Å². The standard InChI is InChI=1S/C22H46N2O3/c23-18-14-13-17-21(22(26)27)24-19-15-11-9-7-5-3-1-2-4-6-8-10-12-16-20-25/h21,24-25H,1-20,23H2,(H,26,27)/t21-/m0/s1. The van der Waals surface area contributed by atoms with Gasteiger partial charge in [-0.15, -0.1) is 0 Å². The Morgan fingerprint density at radius 2 is 1.15 bits per heavy atom. The van der Waals surface area contributed by atoms with Crippen molar-refractivity contribution in [3.63, 3.8) is 0 Å². The Morgan fingerprint density at radius 3 is 1.56 bits per heavy atom. The van der Waals surface area contributed by atoms with Crippen molar-refractivity contribution in [2.45, 2.75) is 115 Å². The molecule has 0 aromatic heterocycles. The van der Waals surface area contributed by atoms with Crippen LogP contribution in [0.2, 0.25) is 0 Å². The van der Waals surface area contributed by atoms with E-state index in [4.69, 9.17) is 10.8 Å². The number of nitrogens with one attached hydrogen (secondary N) is 1. The monoisotopic (exact) mass is 386 g/mol. The van der Waals surface area contributed by atoms with Gasteiger partial charge in [-0.2, -0.15) is 0 Å². The largest absolute Gasteiger partial charge is 0.480 e. The third kappa shape index (κ3) is 19.9. The summed E-state index contributed by atoms with van der Waals surface area (Å²) in [4.78, 5) is 11.2. The first kappa shape index (κ1) is 26.4. The molecule has 0 aromatic carbocycles. The van der Waals surface area contributed by atoms with E-state index in [1.807, 2.05) is 0 Å². The smallest absolute Gasteiger partial charge is 0.320 e. The fraction of sp³-hybridized carbons (Fsp3) is 0.955. The normalized spacial score (nSPS) is 12.4. The van der Waals surface area contributed by atoms with E-state index in [1.54, 1.807) is 0 Å². The summed E-state index contributed by atoms with van der Waals surface area (Å²) in [6, 6.07) is -0.411. The molecule has 0 spiro atoms. The van der Waals surface area contributed by atoms with E-state index in [1.165, 1.54) is 77.0 Å². The highest BCUT2D eigenvalue weighted by molar-refractivity contribution is 5.73. The Bertz CT molecular complexity index is 314. The molecule has 0 heterocycles. The average molecular weight is 387 g/mol. The van der Waals surface area contributed by atoms with Gasteiger partial charge in [0.15, 0.2) is 0 Å². The van der Waals surface area contributed by atoms with Crippen LogP contribution in [-0.2, 0) is 4.79 Å². The lowest BCUT2D eigenvalue weighted by Crippen LogP contribution is -2.37. The first-order valence-electron chi connectivity index (χ1n) is 11.5. The molecule has 0 aliphatic heterocycles. The van der Waals surface area contributed by atoms with Crippen molar-refractivity contribution < 1.29 is 15.0 Å². The number of unbranched alkanes of at least 4 members (excludes halogenated alkanes) is 14. The molecule has 5 heteroatoms. The Labute approximate surface area is 167 Å². The zero-order valence-corrected chi connectivity index (χ0v) is 17.6. The molecule has 0 saturated heterocycles. The number of hydrogen-bond donors (Lipinski definition) is 4. The molecule has 0 unspecified atom stereocenters. The van der Waals surface area contributed by atoms with Gasteiger partial charge in [-0.25, -0.2) is 0 Å². The van der Waals surface area contributed by atoms with Crippen LogP contribution in [-0.4, -0.2) is 41.9 Å². The van der Waals surface area contributed by atoms with Gasteiger partial charge < -0.3 is 21.3 Å². The summed E-state index contributed by atoms with van der Waals surface area (Å²) in [5.41, 5.74) is 5.46. The molecule has 0 amide bonds. The molecule has 1 atom stereocenters. The van der Waals surface area contributed by atoms with Crippen molar-refractivity contribution in [2.24, 2.45) is 5.73 Å². The zero-order valence-electron chi connectivity index (χ0n) is 17.6. The second-order valence-electron chi connectivity index (χ2n) is 7.80. The molecule has 0 fully saturated rings. The number of aliphatic carboxylic acids is 1. The number of carboxylic acids is 1. The highest BCUT2D eigenvalue weighted by Crippen LogP contribution is 2.13. The van der Waals surface area contributed by atoms with Crippen LogP contribution in [0, 0.1) is 0 Å². The number of aliphatic hydroxyl groups is 1. The summed E-state index contributed by atoms with van der Waals surface area (Å²) in [5.74, 6) is -0.739. The molecule has 162 valence electrons. The van der Waals surface area contributed by atoms with Crippen LogP contribution in [0.15, 0.2) is 0 Å². The van der Waals surface area contributed by atoms with Gasteiger partial charge >= 0.3 is 5.97 Å². The minimum Gasteiger partial charge on any atom is -0.480 e. The molecule has 0 bridgehead atoms. The minimum absolute atomic E-state index is 0.342. The van der Waals surface area contributed by atoms with E-state index in [9.17, 15) is 9.90 Å². The Kier molecular flexibility index (Phi) is 21.1. The molecule has 0 saturated carbocycles. The lowest BCUT2D eigenvalue weighted by atomic mass is 10.0. The number of rotatable bonds is 22. The van der Waals surface area contributed by atoms with Gasteiger partial charge in [-0.05, 0) is 38.8 Å².